The molecule has 0 aromatic heterocycles. The molecule has 0 saturated carbocycles. The van der Waals surface area contributed by atoms with Crippen molar-refractivity contribution in [1.29, 1.82) is 0 Å². The summed E-state index contributed by atoms with van der Waals surface area (Å²) >= 11 is 0. The number of amides is 2. The first-order valence-corrected chi connectivity index (χ1v) is 8.72. The van der Waals surface area contributed by atoms with Crippen molar-refractivity contribution in [3.05, 3.63) is 59.7 Å². The van der Waals surface area contributed by atoms with Gasteiger partial charge in [-0.25, -0.2) is 0 Å². The molecule has 0 saturated heterocycles. The van der Waals surface area contributed by atoms with E-state index < -0.39 is 0 Å². The molecule has 5 nitrogen and oxygen atoms in total. The smallest absolute Gasteiger partial charge is 0.255 e. The summed E-state index contributed by atoms with van der Waals surface area (Å²) in [6.07, 6.45) is 1.13. The Hall–Kier alpha value is -2.82. The van der Waals surface area contributed by atoms with E-state index in [0.717, 1.165) is 5.56 Å². The van der Waals surface area contributed by atoms with Crippen molar-refractivity contribution in [3.8, 4) is 5.75 Å². The van der Waals surface area contributed by atoms with Gasteiger partial charge in [-0.2, -0.15) is 0 Å². The van der Waals surface area contributed by atoms with Gasteiger partial charge in [0.25, 0.3) is 5.91 Å². The molecule has 0 aliphatic rings. The molecular weight excluding hydrogens is 328 g/mol. The Morgan fingerprint density at radius 1 is 1.08 bits per heavy atom. The van der Waals surface area contributed by atoms with Crippen LogP contribution in [0.2, 0.25) is 0 Å². The van der Waals surface area contributed by atoms with Crippen molar-refractivity contribution >= 4 is 17.5 Å². The maximum Gasteiger partial charge on any atom is 0.255 e. The van der Waals surface area contributed by atoms with Crippen LogP contribution in [0.1, 0.15) is 36.2 Å². The number of carbonyl (C=O) groups is 2. The van der Waals surface area contributed by atoms with Crippen LogP contribution in [-0.4, -0.2) is 36.9 Å². The molecule has 0 aliphatic heterocycles. The Morgan fingerprint density at radius 2 is 1.81 bits per heavy atom. The van der Waals surface area contributed by atoms with Crippen LogP contribution in [0.4, 0.5) is 5.69 Å². The number of anilines is 1. The Morgan fingerprint density at radius 3 is 2.50 bits per heavy atom. The summed E-state index contributed by atoms with van der Waals surface area (Å²) in [5, 5.41) is 2.90. The van der Waals surface area contributed by atoms with Crippen LogP contribution in [0.3, 0.4) is 0 Å². The molecule has 2 aromatic rings. The number of hydrogen-bond donors (Lipinski definition) is 1. The Kier molecular flexibility index (Phi) is 6.78. The average molecular weight is 354 g/mol. The lowest BCUT2D eigenvalue weighted by Gasteiger charge is -2.12. The molecule has 2 rings (SSSR count). The van der Waals surface area contributed by atoms with Crippen molar-refractivity contribution in [2.45, 2.75) is 32.8 Å². The van der Waals surface area contributed by atoms with Crippen molar-refractivity contribution < 1.29 is 14.3 Å². The topological polar surface area (TPSA) is 58.6 Å². The zero-order valence-electron chi connectivity index (χ0n) is 15.8. The Balaban J connectivity index is 2.03. The van der Waals surface area contributed by atoms with Crippen LogP contribution in [0, 0.1) is 0 Å². The van der Waals surface area contributed by atoms with Gasteiger partial charge in [0.15, 0.2) is 0 Å². The standard InChI is InChI=1S/C21H26N2O3/c1-15(2)26-19-10-6-8-17(14-19)21(25)22-18-9-5-7-16(13-18)11-12-20(24)23(3)4/h5-10,13-15H,11-12H2,1-4H3,(H,22,25). The maximum absolute atomic E-state index is 12.5. The van der Waals surface area contributed by atoms with Crippen molar-refractivity contribution in [1.82, 2.24) is 4.90 Å². The number of nitrogens with zero attached hydrogens (tertiary/aromatic N) is 1. The molecule has 0 unspecified atom stereocenters. The van der Waals surface area contributed by atoms with E-state index in [-0.39, 0.29) is 17.9 Å². The summed E-state index contributed by atoms with van der Waals surface area (Å²) in [4.78, 5) is 25.8. The largest absolute Gasteiger partial charge is 0.491 e. The number of rotatable bonds is 7. The van der Waals surface area contributed by atoms with E-state index >= 15 is 0 Å². The fourth-order valence-electron chi connectivity index (χ4n) is 2.47. The molecule has 26 heavy (non-hydrogen) atoms. The minimum Gasteiger partial charge on any atom is -0.491 e. The summed E-state index contributed by atoms with van der Waals surface area (Å²) < 4.78 is 5.63. The van der Waals surface area contributed by atoms with E-state index in [4.69, 9.17) is 4.74 Å². The molecule has 0 spiro atoms. The van der Waals surface area contributed by atoms with E-state index in [1.807, 2.05) is 44.2 Å². The van der Waals surface area contributed by atoms with Crippen LogP contribution in [0.15, 0.2) is 48.5 Å². The van der Waals surface area contributed by atoms with Crippen LogP contribution in [0.25, 0.3) is 0 Å². The van der Waals surface area contributed by atoms with E-state index in [9.17, 15) is 9.59 Å². The van der Waals surface area contributed by atoms with Gasteiger partial charge < -0.3 is 15.0 Å². The predicted molar refractivity (Wildman–Crippen MR) is 104 cm³/mol. The number of hydrogen-bond acceptors (Lipinski definition) is 3. The highest BCUT2D eigenvalue weighted by Crippen LogP contribution is 2.18. The van der Waals surface area contributed by atoms with Gasteiger partial charge in [-0.05, 0) is 56.2 Å². The van der Waals surface area contributed by atoms with Gasteiger partial charge >= 0.3 is 0 Å². The molecule has 2 amide bonds. The Bertz CT molecular complexity index is 769. The number of aryl methyl sites for hydroxylation is 1. The SMILES string of the molecule is CC(C)Oc1cccc(C(=O)Nc2cccc(CCC(=O)N(C)C)c2)c1. The molecule has 0 atom stereocenters. The van der Waals surface area contributed by atoms with E-state index in [2.05, 4.69) is 5.32 Å². The zero-order valence-corrected chi connectivity index (χ0v) is 15.8. The molecule has 0 heterocycles. The molecule has 0 fully saturated rings. The van der Waals surface area contributed by atoms with Crippen LogP contribution < -0.4 is 10.1 Å². The normalized spacial score (nSPS) is 10.5. The second-order valence-corrected chi connectivity index (χ2v) is 6.64. The zero-order chi connectivity index (χ0) is 19.1. The highest BCUT2D eigenvalue weighted by molar-refractivity contribution is 6.04. The van der Waals surface area contributed by atoms with Crippen molar-refractivity contribution in [2.75, 3.05) is 19.4 Å². The molecule has 2 aromatic carbocycles. The molecule has 0 bridgehead atoms. The number of nitrogens with one attached hydrogen (secondary N) is 1. The van der Waals surface area contributed by atoms with Crippen LogP contribution in [0.5, 0.6) is 5.75 Å². The highest BCUT2D eigenvalue weighted by Gasteiger charge is 2.09. The lowest BCUT2D eigenvalue weighted by Crippen LogP contribution is -2.21. The summed E-state index contributed by atoms with van der Waals surface area (Å²) in [6.45, 7) is 3.89. The summed E-state index contributed by atoms with van der Waals surface area (Å²) in [6, 6.07) is 14.7. The van der Waals surface area contributed by atoms with Crippen molar-refractivity contribution in [2.24, 2.45) is 0 Å². The van der Waals surface area contributed by atoms with E-state index in [1.165, 1.54) is 0 Å². The molecule has 5 heteroatoms. The molecule has 1 N–H and O–H groups in total. The third kappa shape index (κ3) is 5.92. The lowest BCUT2D eigenvalue weighted by atomic mass is 10.1. The first-order chi connectivity index (χ1) is 12.3. The second kappa shape index (κ2) is 9.04. The summed E-state index contributed by atoms with van der Waals surface area (Å²) in [7, 11) is 3.49. The molecule has 0 aliphatic carbocycles. The predicted octanol–water partition coefficient (Wildman–Crippen LogP) is 3.75. The Labute approximate surface area is 155 Å². The third-order valence-corrected chi connectivity index (χ3v) is 3.78. The third-order valence-electron chi connectivity index (χ3n) is 3.78. The van der Waals surface area contributed by atoms with Crippen LogP contribution in [-0.2, 0) is 11.2 Å². The van der Waals surface area contributed by atoms with E-state index in [0.29, 0.717) is 29.8 Å². The second-order valence-electron chi connectivity index (χ2n) is 6.64. The summed E-state index contributed by atoms with van der Waals surface area (Å²) in [5.41, 5.74) is 2.26. The number of carbonyl (C=O) groups excluding carboxylic acids is 2. The highest BCUT2D eigenvalue weighted by atomic mass is 16.5. The summed E-state index contributed by atoms with van der Waals surface area (Å²) in [5.74, 6) is 0.561. The van der Waals surface area contributed by atoms with Crippen molar-refractivity contribution in [3.63, 3.8) is 0 Å². The van der Waals surface area contributed by atoms with Gasteiger partial charge in [-0.3, -0.25) is 9.59 Å². The minimum absolute atomic E-state index is 0.0508. The van der Waals surface area contributed by atoms with Gasteiger partial charge in [-0.1, -0.05) is 18.2 Å². The lowest BCUT2D eigenvalue weighted by molar-refractivity contribution is -0.128. The molecule has 138 valence electrons. The fraction of sp³-hybridized carbons (Fsp3) is 0.333. The fourth-order valence-corrected chi connectivity index (χ4v) is 2.47. The molecular formula is C21H26N2O3. The van der Waals surface area contributed by atoms with Gasteiger partial charge in [0.05, 0.1) is 6.10 Å². The number of benzene rings is 2. The van der Waals surface area contributed by atoms with Gasteiger partial charge in [0.2, 0.25) is 5.91 Å². The average Bonchev–Trinajstić information content (AvgIpc) is 2.59. The van der Waals surface area contributed by atoms with Gasteiger partial charge in [0, 0.05) is 31.8 Å². The van der Waals surface area contributed by atoms with Gasteiger partial charge in [-0.15, -0.1) is 0 Å². The van der Waals surface area contributed by atoms with Gasteiger partial charge in [0.1, 0.15) is 5.75 Å². The first-order valence-electron chi connectivity index (χ1n) is 8.72. The van der Waals surface area contributed by atoms with E-state index in [1.54, 1.807) is 37.2 Å². The quantitative estimate of drug-likeness (QED) is 0.824. The monoisotopic (exact) mass is 354 g/mol. The maximum atomic E-state index is 12.5. The van der Waals surface area contributed by atoms with Crippen LogP contribution >= 0.6 is 0 Å². The minimum atomic E-state index is -0.194. The number of ether oxygens (including phenoxy) is 1. The molecule has 0 radical (unpaired) electrons. The first kappa shape index (κ1) is 19.5.